The summed E-state index contributed by atoms with van der Waals surface area (Å²) in [5.41, 5.74) is 2.05. The third-order valence-corrected chi connectivity index (χ3v) is 3.83. The molecule has 2 rings (SSSR count). The normalized spacial score (nSPS) is 11.6. The van der Waals surface area contributed by atoms with Gasteiger partial charge in [0.25, 0.3) is 0 Å². The lowest BCUT2D eigenvalue weighted by atomic mass is 10.1. The smallest absolute Gasteiger partial charge is 0.378 e. The average molecular weight is 362 g/mol. The molecule has 0 aliphatic heterocycles. The Morgan fingerprint density at radius 1 is 1.04 bits per heavy atom. The van der Waals surface area contributed by atoms with E-state index in [9.17, 15) is 18.0 Å². The molecule has 1 amide bonds. The number of benzene rings is 2. The Kier molecular flexibility index (Phi) is 6.44. The van der Waals surface area contributed by atoms with Gasteiger partial charge in [-0.25, -0.2) is 0 Å². The first kappa shape index (κ1) is 19.6. The number of carbonyl (C=O) groups excluding carboxylic acids is 1. The number of halogens is 3. The molecule has 2 aromatic rings. The number of nitrogens with one attached hydrogen (secondary N) is 1. The Labute approximate surface area is 151 Å². The Bertz CT molecular complexity index is 748. The zero-order chi connectivity index (χ0) is 19.2. The summed E-state index contributed by atoms with van der Waals surface area (Å²) in [5.74, 6) is -0.242. The monoisotopic (exact) mass is 362 g/mol. The second-order valence-corrected chi connectivity index (χ2v) is 6.06. The van der Waals surface area contributed by atoms with Crippen molar-refractivity contribution in [3.63, 3.8) is 0 Å². The van der Waals surface area contributed by atoms with Gasteiger partial charge in [-0.3, -0.25) is 4.79 Å². The molecule has 1 N–H and O–H groups in total. The van der Waals surface area contributed by atoms with Crippen LogP contribution in [0, 0.1) is 0 Å². The van der Waals surface area contributed by atoms with Crippen molar-refractivity contribution in [3.8, 4) is 0 Å². The first-order valence-corrected chi connectivity index (χ1v) is 8.15. The first-order chi connectivity index (χ1) is 12.3. The van der Waals surface area contributed by atoms with Crippen LogP contribution in [-0.4, -0.2) is 26.5 Å². The van der Waals surface area contributed by atoms with Crippen LogP contribution in [0.4, 0.5) is 18.9 Å². The fourth-order valence-electron chi connectivity index (χ4n) is 2.30. The summed E-state index contributed by atoms with van der Waals surface area (Å²) in [5, 5.41) is 2.72. The van der Waals surface area contributed by atoms with Crippen LogP contribution in [0.1, 0.15) is 16.7 Å². The summed E-state index contributed by atoms with van der Waals surface area (Å²) in [7, 11) is 3.91. The van der Waals surface area contributed by atoms with Crippen LogP contribution >= 0.6 is 0 Å². The van der Waals surface area contributed by atoms with Gasteiger partial charge in [0, 0.05) is 32.4 Å². The van der Waals surface area contributed by atoms with Gasteiger partial charge in [0.15, 0.2) is 0 Å². The van der Waals surface area contributed by atoms with Crippen molar-refractivity contribution in [2.75, 3.05) is 25.5 Å². The van der Waals surface area contributed by atoms with Crippen LogP contribution in [0.15, 0.2) is 54.6 Å². The fraction of sp³-hybridized carbons (Fsp3) is 0.250. The number of hydrogen-bond acceptors (Lipinski definition) is 2. The Hall–Kier alpha value is -2.76. The van der Waals surface area contributed by atoms with Gasteiger partial charge in [-0.05, 0) is 47.9 Å². The van der Waals surface area contributed by atoms with E-state index < -0.39 is 11.7 Å². The minimum absolute atomic E-state index is 0.242. The first-order valence-electron chi connectivity index (χ1n) is 8.15. The second kappa shape index (κ2) is 8.56. The van der Waals surface area contributed by atoms with Crippen LogP contribution in [0.5, 0.6) is 0 Å². The van der Waals surface area contributed by atoms with E-state index in [4.69, 9.17) is 0 Å². The van der Waals surface area contributed by atoms with E-state index in [1.54, 1.807) is 6.08 Å². The van der Waals surface area contributed by atoms with Gasteiger partial charge in [-0.1, -0.05) is 24.3 Å². The molecule has 0 unspecified atom stereocenters. The van der Waals surface area contributed by atoms with Gasteiger partial charge in [-0.15, -0.1) is 0 Å². The zero-order valence-electron chi connectivity index (χ0n) is 14.7. The average Bonchev–Trinajstić information content (AvgIpc) is 2.60. The van der Waals surface area contributed by atoms with Crippen molar-refractivity contribution in [2.45, 2.75) is 12.6 Å². The van der Waals surface area contributed by atoms with Crippen LogP contribution in [0.25, 0.3) is 6.08 Å². The summed E-state index contributed by atoms with van der Waals surface area (Å²) in [6.45, 7) is 0.355. The van der Waals surface area contributed by atoms with Crippen LogP contribution in [-0.2, 0) is 17.4 Å². The topological polar surface area (TPSA) is 32.3 Å². The number of anilines is 1. The van der Waals surface area contributed by atoms with Gasteiger partial charge in [0.05, 0.1) is 5.56 Å². The Morgan fingerprint density at radius 3 is 2.19 bits per heavy atom. The summed E-state index contributed by atoms with van der Waals surface area (Å²) in [6, 6.07) is 12.7. The van der Waals surface area contributed by atoms with E-state index in [2.05, 4.69) is 5.32 Å². The summed E-state index contributed by atoms with van der Waals surface area (Å²) in [6.07, 6.45) is -0.706. The maximum absolute atomic E-state index is 12.5. The lowest BCUT2D eigenvalue weighted by molar-refractivity contribution is -0.137. The molecule has 26 heavy (non-hydrogen) atoms. The summed E-state index contributed by atoms with van der Waals surface area (Å²) < 4.78 is 37.5. The molecule has 0 fully saturated rings. The molecule has 2 aromatic carbocycles. The molecule has 0 spiro atoms. The van der Waals surface area contributed by atoms with E-state index in [0.29, 0.717) is 13.0 Å². The predicted octanol–water partition coefficient (Wildman–Crippen LogP) is 4.14. The van der Waals surface area contributed by atoms with E-state index >= 15 is 0 Å². The van der Waals surface area contributed by atoms with Crippen molar-refractivity contribution >= 4 is 17.7 Å². The largest absolute Gasteiger partial charge is 0.416 e. The highest BCUT2D eigenvalue weighted by molar-refractivity contribution is 5.91. The molecule has 0 aliphatic carbocycles. The molecule has 3 nitrogen and oxygen atoms in total. The van der Waals surface area contributed by atoms with E-state index in [1.807, 2.05) is 43.3 Å². The Balaban J connectivity index is 1.79. The molecule has 0 aromatic heterocycles. The van der Waals surface area contributed by atoms with Crippen molar-refractivity contribution in [1.82, 2.24) is 5.32 Å². The summed E-state index contributed by atoms with van der Waals surface area (Å²) in [4.78, 5) is 13.8. The highest BCUT2D eigenvalue weighted by atomic mass is 19.4. The zero-order valence-corrected chi connectivity index (χ0v) is 14.7. The second-order valence-electron chi connectivity index (χ2n) is 6.06. The molecule has 0 atom stereocenters. The third-order valence-electron chi connectivity index (χ3n) is 3.83. The lowest BCUT2D eigenvalue weighted by Crippen LogP contribution is -2.23. The predicted molar refractivity (Wildman–Crippen MR) is 98.0 cm³/mol. The Morgan fingerprint density at radius 2 is 1.65 bits per heavy atom. The van der Waals surface area contributed by atoms with Crippen molar-refractivity contribution in [1.29, 1.82) is 0 Å². The van der Waals surface area contributed by atoms with Gasteiger partial charge in [0.2, 0.25) is 5.91 Å². The van der Waals surface area contributed by atoms with Gasteiger partial charge in [0.1, 0.15) is 0 Å². The highest BCUT2D eigenvalue weighted by Crippen LogP contribution is 2.29. The lowest BCUT2D eigenvalue weighted by Gasteiger charge is -2.11. The highest BCUT2D eigenvalue weighted by Gasteiger charge is 2.29. The fourth-order valence-corrected chi connectivity index (χ4v) is 2.30. The van der Waals surface area contributed by atoms with E-state index in [0.717, 1.165) is 28.9 Å². The molecule has 0 saturated carbocycles. The van der Waals surface area contributed by atoms with Gasteiger partial charge >= 0.3 is 6.18 Å². The van der Waals surface area contributed by atoms with Crippen LogP contribution < -0.4 is 10.2 Å². The molecule has 0 saturated heterocycles. The number of amides is 1. The quantitative estimate of drug-likeness (QED) is 0.783. The number of alkyl halides is 3. The van der Waals surface area contributed by atoms with E-state index in [1.165, 1.54) is 18.2 Å². The van der Waals surface area contributed by atoms with Crippen molar-refractivity contribution < 1.29 is 18.0 Å². The SMILES string of the molecule is CN(C)c1ccc(/C=C/C(=O)NCCc2ccc(C(F)(F)F)cc2)cc1. The standard InChI is InChI=1S/C20H21F3N2O/c1-25(2)18-10-5-15(6-11-18)7-12-19(26)24-14-13-16-3-8-17(9-4-16)20(21,22)23/h3-12H,13-14H2,1-2H3,(H,24,26)/b12-7+. The minimum Gasteiger partial charge on any atom is -0.378 e. The molecular weight excluding hydrogens is 341 g/mol. The summed E-state index contributed by atoms with van der Waals surface area (Å²) >= 11 is 0. The molecule has 0 radical (unpaired) electrons. The molecular formula is C20H21F3N2O. The number of rotatable bonds is 6. The molecule has 0 aliphatic rings. The van der Waals surface area contributed by atoms with Crippen molar-refractivity contribution in [3.05, 3.63) is 71.3 Å². The van der Waals surface area contributed by atoms with Crippen LogP contribution in [0.2, 0.25) is 0 Å². The van der Waals surface area contributed by atoms with Gasteiger partial charge in [-0.2, -0.15) is 13.2 Å². The number of nitrogens with zero attached hydrogens (tertiary/aromatic N) is 1. The maximum atomic E-state index is 12.5. The van der Waals surface area contributed by atoms with Crippen molar-refractivity contribution in [2.24, 2.45) is 0 Å². The number of hydrogen-bond donors (Lipinski definition) is 1. The van der Waals surface area contributed by atoms with E-state index in [-0.39, 0.29) is 5.91 Å². The minimum atomic E-state index is -4.33. The van der Waals surface area contributed by atoms with Gasteiger partial charge < -0.3 is 10.2 Å². The molecule has 6 heteroatoms. The van der Waals surface area contributed by atoms with Crippen LogP contribution in [0.3, 0.4) is 0 Å². The third kappa shape index (κ3) is 5.95. The maximum Gasteiger partial charge on any atom is 0.416 e. The molecule has 0 bridgehead atoms. The number of carbonyl (C=O) groups is 1. The molecule has 0 heterocycles. The molecule has 138 valence electrons.